The first kappa shape index (κ1) is 24.3. The van der Waals surface area contributed by atoms with Crippen molar-refractivity contribution in [3.8, 4) is 11.3 Å². The van der Waals surface area contributed by atoms with Crippen LogP contribution in [0.4, 0.5) is 5.69 Å². The fraction of sp³-hybridized carbons (Fsp3) is 0.240. The van der Waals surface area contributed by atoms with Crippen LogP contribution >= 0.6 is 11.6 Å². The predicted molar refractivity (Wildman–Crippen MR) is 136 cm³/mol. The van der Waals surface area contributed by atoms with Crippen LogP contribution in [0.1, 0.15) is 16.1 Å². The van der Waals surface area contributed by atoms with Crippen molar-refractivity contribution in [3.63, 3.8) is 0 Å². The van der Waals surface area contributed by atoms with Crippen molar-refractivity contribution in [3.05, 3.63) is 76.9 Å². The second kappa shape index (κ2) is 11.1. The van der Waals surface area contributed by atoms with E-state index < -0.39 is 6.04 Å². The van der Waals surface area contributed by atoms with E-state index in [9.17, 15) is 9.59 Å². The molecule has 1 aliphatic heterocycles. The third kappa shape index (κ3) is 6.40. The molecule has 1 aliphatic rings. The second-order valence-electron chi connectivity index (χ2n) is 8.16. The Balaban J connectivity index is 1.51. The molecule has 0 unspecified atom stereocenters. The number of aromatic amines is 1. The smallest absolute Gasteiger partial charge is 0.268 e. The van der Waals surface area contributed by atoms with Gasteiger partial charge in [0.2, 0.25) is 5.91 Å². The first-order chi connectivity index (χ1) is 16.9. The number of ether oxygens (including phenoxy) is 1. The Kier molecular flexibility index (Phi) is 7.69. The number of nitrogens with two attached hydrogens (primary N) is 2. The maximum Gasteiger partial charge on any atom is 0.268 e. The monoisotopic (exact) mass is 494 g/mol. The predicted octanol–water partition coefficient (Wildman–Crippen LogP) is 2.44. The van der Waals surface area contributed by atoms with Gasteiger partial charge in [-0.15, -0.1) is 0 Å². The number of carbonyl (C=O) groups is 2. The molecule has 0 saturated carbocycles. The molecule has 1 fully saturated rings. The van der Waals surface area contributed by atoms with Crippen molar-refractivity contribution in [2.24, 2.45) is 16.5 Å². The summed E-state index contributed by atoms with van der Waals surface area (Å²) in [6.07, 6.45) is 0.314. The molecule has 0 bridgehead atoms. The molecular weight excluding hydrogens is 468 g/mol. The van der Waals surface area contributed by atoms with Crippen LogP contribution < -0.4 is 16.8 Å². The van der Waals surface area contributed by atoms with E-state index in [1.54, 1.807) is 35.2 Å². The Bertz CT molecular complexity index is 1200. The molecule has 35 heavy (non-hydrogen) atoms. The molecule has 3 aromatic rings. The minimum atomic E-state index is -0.753. The van der Waals surface area contributed by atoms with Gasteiger partial charge in [0.05, 0.1) is 18.9 Å². The van der Waals surface area contributed by atoms with E-state index >= 15 is 0 Å². The molecule has 2 heterocycles. The topological polar surface area (TPSA) is 139 Å². The number of nitrogens with zero attached hydrogens (tertiary/aromatic N) is 2. The largest absolute Gasteiger partial charge is 0.378 e. The Hall–Kier alpha value is -3.82. The summed E-state index contributed by atoms with van der Waals surface area (Å²) in [6, 6.07) is 17.3. The summed E-state index contributed by atoms with van der Waals surface area (Å²) >= 11 is 5.97. The van der Waals surface area contributed by atoms with E-state index in [4.69, 9.17) is 27.8 Å². The number of aromatic nitrogens is 1. The molecule has 182 valence electrons. The van der Waals surface area contributed by atoms with Gasteiger partial charge in [-0.1, -0.05) is 35.9 Å². The zero-order valence-electron chi connectivity index (χ0n) is 19.0. The van der Waals surface area contributed by atoms with Gasteiger partial charge in [-0.2, -0.15) is 0 Å². The lowest BCUT2D eigenvalue weighted by molar-refractivity contribution is -0.137. The van der Waals surface area contributed by atoms with Gasteiger partial charge in [0, 0.05) is 30.2 Å². The SMILES string of the molecule is NC(N)=Nc1ccc(C[C@H](NC(=O)c2ccc(-c3ccc(Cl)cc3)[nH]2)C(=O)N2CCOCC2)cc1. The van der Waals surface area contributed by atoms with Crippen LogP contribution in [-0.2, 0) is 16.0 Å². The Morgan fingerprint density at radius 2 is 1.71 bits per heavy atom. The summed E-state index contributed by atoms with van der Waals surface area (Å²) in [5.41, 5.74) is 14.4. The van der Waals surface area contributed by atoms with E-state index in [1.807, 2.05) is 30.3 Å². The van der Waals surface area contributed by atoms with Crippen molar-refractivity contribution in [2.75, 3.05) is 26.3 Å². The summed E-state index contributed by atoms with van der Waals surface area (Å²) in [5, 5.41) is 3.54. The summed E-state index contributed by atoms with van der Waals surface area (Å²) in [4.78, 5) is 35.3. The second-order valence-corrected chi connectivity index (χ2v) is 8.60. The number of rotatable bonds is 7. The highest BCUT2D eigenvalue weighted by atomic mass is 35.5. The number of guanidine groups is 1. The number of carbonyl (C=O) groups excluding carboxylic acids is 2. The molecular formula is C25H27ClN6O3. The maximum atomic E-state index is 13.3. The molecule has 2 aromatic carbocycles. The van der Waals surface area contributed by atoms with Gasteiger partial charge in [-0.05, 0) is 47.5 Å². The zero-order valence-corrected chi connectivity index (χ0v) is 19.8. The first-order valence-corrected chi connectivity index (χ1v) is 11.6. The minimum absolute atomic E-state index is 0.0331. The van der Waals surface area contributed by atoms with E-state index in [0.717, 1.165) is 16.8 Å². The standard InChI is InChI=1S/C25H27ClN6O3/c26-18-5-3-17(4-6-18)20-9-10-21(30-20)23(33)31-22(24(34)32-11-13-35-14-12-32)15-16-1-7-19(8-2-16)29-25(27)28/h1-10,22,30H,11-15H2,(H,31,33)(H4,27,28,29)/t22-/m0/s1. The number of benzene rings is 2. The molecule has 4 rings (SSSR count). The molecule has 0 spiro atoms. The molecule has 10 heteroatoms. The highest BCUT2D eigenvalue weighted by Crippen LogP contribution is 2.21. The van der Waals surface area contributed by atoms with Gasteiger partial charge in [0.15, 0.2) is 5.96 Å². The Morgan fingerprint density at radius 3 is 2.37 bits per heavy atom. The third-order valence-electron chi connectivity index (χ3n) is 5.65. The molecule has 0 aliphatic carbocycles. The van der Waals surface area contributed by atoms with Gasteiger partial charge in [-0.25, -0.2) is 4.99 Å². The number of halogens is 1. The Morgan fingerprint density at radius 1 is 1.03 bits per heavy atom. The van der Waals surface area contributed by atoms with Gasteiger partial charge in [0.25, 0.3) is 5.91 Å². The summed E-state index contributed by atoms with van der Waals surface area (Å²) in [7, 11) is 0. The van der Waals surface area contributed by atoms with Crippen LogP contribution in [0.15, 0.2) is 65.7 Å². The summed E-state index contributed by atoms with van der Waals surface area (Å²) in [6.45, 7) is 1.91. The van der Waals surface area contributed by atoms with Gasteiger partial charge in [0.1, 0.15) is 11.7 Å². The number of nitrogens with one attached hydrogen (secondary N) is 2. The van der Waals surface area contributed by atoms with Crippen LogP contribution in [0.5, 0.6) is 0 Å². The van der Waals surface area contributed by atoms with Crippen LogP contribution in [0.3, 0.4) is 0 Å². The van der Waals surface area contributed by atoms with E-state index in [1.165, 1.54) is 0 Å². The van der Waals surface area contributed by atoms with Crippen LogP contribution in [-0.4, -0.2) is 60.0 Å². The fourth-order valence-electron chi connectivity index (χ4n) is 3.86. The van der Waals surface area contributed by atoms with Crippen molar-refractivity contribution in [2.45, 2.75) is 12.5 Å². The van der Waals surface area contributed by atoms with E-state index in [-0.39, 0.29) is 17.8 Å². The lowest BCUT2D eigenvalue weighted by atomic mass is 10.0. The molecule has 1 saturated heterocycles. The van der Waals surface area contributed by atoms with Crippen LogP contribution in [0.2, 0.25) is 5.02 Å². The van der Waals surface area contributed by atoms with E-state index in [0.29, 0.717) is 49.1 Å². The first-order valence-electron chi connectivity index (χ1n) is 11.2. The minimum Gasteiger partial charge on any atom is -0.378 e. The van der Waals surface area contributed by atoms with Gasteiger partial charge < -0.3 is 31.4 Å². The third-order valence-corrected chi connectivity index (χ3v) is 5.90. The Labute approximate surface area is 208 Å². The molecule has 1 atom stereocenters. The lowest BCUT2D eigenvalue weighted by Crippen LogP contribution is -2.52. The fourth-order valence-corrected chi connectivity index (χ4v) is 3.98. The van der Waals surface area contributed by atoms with Crippen LogP contribution in [0.25, 0.3) is 11.3 Å². The number of H-pyrrole nitrogens is 1. The van der Waals surface area contributed by atoms with Crippen molar-refractivity contribution in [1.29, 1.82) is 0 Å². The van der Waals surface area contributed by atoms with Crippen molar-refractivity contribution >= 4 is 35.1 Å². The number of hydrogen-bond acceptors (Lipinski definition) is 4. The highest BCUT2D eigenvalue weighted by Gasteiger charge is 2.28. The highest BCUT2D eigenvalue weighted by molar-refractivity contribution is 6.30. The van der Waals surface area contributed by atoms with Crippen LogP contribution in [0, 0.1) is 0 Å². The average Bonchev–Trinajstić information content (AvgIpc) is 3.35. The summed E-state index contributed by atoms with van der Waals surface area (Å²) in [5.74, 6) is -0.553. The van der Waals surface area contributed by atoms with Crippen molar-refractivity contribution < 1.29 is 14.3 Å². The van der Waals surface area contributed by atoms with Gasteiger partial charge >= 0.3 is 0 Å². The number of hydrogen-bond donors (Lipinski definition) is 4. The quantitative estimate of drug-likeness (QED) is 0.295. The number of morpholine rings is 1. The van der Waals surface area contributed by atoms with E-state index in [2.05, 4.69) is 15.3 Å². The number of aliphatic imine (C=N–C) groups is 1. The lowest BCUT2D eigenvalue weighted by Gasteiger charge is -2.30. The average molecular weight is 495 g/mol. The van der Waals surface area contributed by atoms with Gasteiger partial charge in [-0.3, -0.25) is 9.59 Å². The molecule has 9 nitrogen and oxygen atoms in total. The number of amides is 2. The summed E-state index contributed by atoms with van der Waals surface area (Å²) < 4.78 is 5.37. The normalized spacial score (nSPS) is 14.3. The maximum absolute atomic E-state index is 13.3. The molecule has 1 aromatic heterocycles. The van der Waals surface area contributed by atoms with Crippen molar-refractivity contribution in [1.82, 2.24) is 15.2 Å². The molecule has 6 N–H and O–H groups in total. The molecule has 0 radical (unpaired) electrons. The molecule has 2 amide bonds. The zero-order chi connectivity index (χ0) is 24.8.